The molecule has 108 valence electrons. The molecule has 1 nitrogen and oxygen atoms in total. The lowest BCUT2D eigenvalue weighted by atomic mass is 10.0. The van der Waals surface area contributed by atoms with Gasteiger partial charge in [0.25, 0.3) is 0 Å². The van der Waals surface area contributed by atoms with E-state index in [1.54, 1.807) is 18.2 Å². The van der Waals surface area contributed by atoms with Crippen molar-refractivity contribution in [2.45, 2.75) is 30.6 Å². The molecule has 21 heavy (non-hydrogen) atoms. The van der Waals surface area contributed by atoms with E-state index in [-0.39, 0.29) is 11.6 Å². The first-order valence-corrected chi connectivity index (χ1v) is 8.20. The molecule has 0 radical (unpaired) electrons. The van der Waals surface area contributed by atoms with Crippen LogP contribution in [0.2, 0.25) is 0 Å². The molecule has 0 fully saturated rings. The number of carbonyl (C=O) groups excluding carboxylic acids is 1. The van der Waals surface area contributed by atoms with Crippen molar-refractivity contribution in [2.24, 2.45) is 0 Å². The Morgan fingerprint density at radius 1 is 1.10 bits per heavy atom. The van der Waals surface area contributed by atoms with Gasteiger partial charge in [0.15, 0.2) is 0 Å². The molecule has 0 saturated carbocycles. The van der Waals surface area contributed by atoms with Crippen LogP contribution in [0.25, 0.3) is 0 Å². The van der Waals surface area contributed by atoms with Crippen LogP contribution < -0.4 is 0 Å². The fourth-order valence-electron chi connectivity index (χ4n) is 2.73. The molecule has 0 aliphatic heterocycles. The number of fused-ring (bicyclic) bond motifs is 1. The Morgan fingerprint density at radius 2 is 1.90 bits per heavy atom. The normalized spacial score (nSPS) is 13.2. The van der Waals surface area contributed by atoms with Gasteiger partial charge < -0.3 is 0 Å². The summed E-state index contributed by atoms with van der Waals surface area (Å²) < 4.78 is 13.5. The predicted octanol–water partition coefficient (Wildman–Crippen LogP) is 4.22. The van der Waals surface area contributed by atoms with Crippen molar-refractivity contribution in [3.8, 4) is 0 Å². The smallest absolute Gasteiger partial charge is 0.147 e. The summed E-state index contributed by atoms with van der Waals surface area (Å²) in [6.07, 6.45) is 3.94. The van der Waals surface area contributed by atoms with E-state index in [1.807, 2.05) is 0 Å². The molecule has 1 aliphatic rings. The molecule has 0 N–H and O–H groups in total. The summed E-state index contributed by atoms with van der Waals surface area (Å²) in [7, 11) is 0. The standard InChI is InChI=1S/C18H17FOS/c19-17-6-1-2-7-18(17)21-12-16(20)11-13-8-9-14-4-3-5-15(14)10-13/h1-2,6-10H,3-5,11-12H2. The average Bonchev–Trinajstić information content (AvgIpc) is 2.94. The number of benzene rings is 2. The van der Waals surface area contributed by atoms with Crippen LogP contribution in [0.1, 0.15) is 23.1 Å². The highest BCUT2D eigenvalue weighted by molar-refractivity contribution is 8.00. The van der Waals surface area contributed by atoms with Crippen LogP contribution in [-0.2, 0) is 24.1 Å². The fraction of sp³-hybridized carbons (Fsp3) is 0.278. The van der Waals surface area contributed by atoms with E-state index in [9.17, 15) is 9.18 Å². The average molecular weight is 300 g/mol. The molecule has 0 spiro atoms. The number of hydrogen-bond acceptors (Lipinski definition) is 2. The molecule has 0 aromatic heterocycles. The summed E-state index contributed by atoms with van der Waals surface area (Å²) in [6, 6.07) is 12.9. The van der Waals surface area contributed by atoms with Gasteiger partial charge in [-0.3, -0.25) is 4.79 Å². The molecule has 3 heteroatoms. The van der Waals surface area contributed by atoms with Crippen molar-refractivity contribution < 1.29 is 9.18 Å². The second kappa shape index (κ2) is 6.44. The van der Waals surface area contributed by atoms with E-state index >= 15 is 0 Å². The molecule has 0 saturated heterocycles. The SMILES string of the molecule is O=C(CSc1ccccc1F)Cc1ccc2c(c1)CCC2. The molecular formula is C18H17FOS. The molecule has 0 atom stereocenters. The van der Waals surface area contributed by atoms with Crippen molar-refractivity contribution in [3.63, 3.8) is 0 Å². The summed E-state index contributed by atoms with van der Waals surface area (Å²) in [5.41, 5.74) is 3.89. The Bertz CT molecular complexity index is 666. The van der Waals surface area contributed by atoms with Gasteiger partial charge in [-0.15, -0.1) is 11.8 Å². The summed E-state index contributed by atoms with van der Waals surface area (Å²) in [5.74, 6) is 0.201. The largest absolute Gasteiger partial charge is 0.298 e. The lowest BCUT2D eigenvalue weighted by Crippen LogP contribution is -2.06. The van der Waals surface area contributed by atoms with Crippen molar-refractivity contribution in [3.05, 3.63) is 65.0 Å². The maximum atomic E-state index is 13.5. The van der Waals surface area contributed by atoms with Crippen LogP contribution in [-0.4, -0.2) is 11.5 Å². The first kappa shape index (κ1) is 14.3. The maximum absolute atomic E-state index is 13.5. The highest BCUT2D eigenvalue weighted by Crippen LogP contribution is 2.24. The number of halogens is 1. The van der Waals surface area contributed by atoms with Gasteiger partial charge in [-0.2, -0.15) is 0 Å². The minimum atomic E-state index is -0.257. The zero-order valence-electron chi connectivity index (χ0n) is 11.8. The van der Waals surface area contributed by atoms with Gasteiger partial charge in [0.05, 0.1) is 5.75 Å². The van der Waals surface area contributed by atoms with E-state index in [0.29, 0.717) is 17.1 Å². The highest BCUT2D eigenvalue weighted by Gasteiger charge is 2.12. The van der Waals surface area contributed by atoms with Crippen LogP contribution in [0.3, 0.4) is 0 Å². The lowest BCUT2D eigenvalue weighted by molar-refractivity contribution is -0.116. The van der Waals surface area contributed by atoms with E-state index in [1.165, 1.54) is 35.4 Å². The van der Waals surface area contributed by atoms with Gasteiger partial charge in [0.2, 0.25) is 0 Å². The van der Waals surface area contributed by atoms with Gasteiger partial charge >= 0.3 is 0 Å². The van der Waals surface area contributed by atoms with Crippen molar-refractivity contribution in [1.82, 2.24) is 0 Å². The Kier molecular flexibility index (Phi) is 4.39. The molecule has 2 aromatic rings. The summed E-state index contributed by atoms with van der Waals surface area (Å²) in [5, 5.41) is 0. The number of Topliss-reactive ketones (excluding diaryl/α,β-unsaturated/α-hetero) is 1. The third kappa shape index (κ3) is 3.53. The second-order valence-electron chi connectivity index (χ2n) is 5.39. The molecule has 0 amide bonds. The molecule has 2 aromatic carbocycles. The van der Waals surface area contributed by atoms with E-state index in [2.05, 4.69) is 18.2 Å². The van der Waals surface area contributed by atoms with Gasteiger partial charge in [0, 0.05) is 11.3 Å². The minimum absolute atomic E-state index is 0.140. The van der Waals surface area contributed by atoms with E-state index in [0.717, 1.165) is 18.4 Å². The number of ketones is 1. The summed E-state index contributed by atoms with van der Waals surface area (Å²) in [6.45, 7) is 0. The fourth-order valence-corrected chi connectivity index (χ4v) is 3.53. The van der Waals surface area contributed by atoms with Gasteiger partial charge in [-0.25, -0.2) is 4.39 Å². The molecule has 1 aliphatic carbocycles. The van der Waals surface area contributed by atoms with Gasteiger partial charge in [-0.05, 0) is 48.1 Å². The Hall–Kier alpha value is -1.61. The number of aryl methyl sites for hydroxylation is 2. The molecule has 0 bridgehead atoms. The van der Waals surface area contributed by atoms with Gasteiger partial charge in [-0.1, -0.05) is 30.3 Å². The van der Waals surface area contributed by atoms with Crippen LogP contribution in [0.15, 0.2) is 47.4 Å². The number of carbonyl (C=O) groups is 1. The molecular weight excluding hydrogens is 283 g/mol. The van der Waals surface area contributed by atoms with Gasteiger partial charge in [0.1, 0.15) is 11.6 Å². The zero-order chi connectivity index (χ0) is 14.7. The van der Waals surface area contributed by atoms with Crippen LogP contribution in [0, 0.1) is 5.82 Å². The maximum Gasteiger partial charge on any atom is 0.147 e. The van der Waals surface area contributed by atoms with Crippen molar-refractivity contribution in [2.75, 3.05) is 5.75 Å². The molecule has 3 rings (SSSR count). The Morgan fingerprint density at radius 3 is 2.76 bits per heavy atom. The number of hydrogen-bond donors (Lipinski definition) is 0. The minimum Gasteiger partial charge on any atom is -0.298 e. The summed E-state index contributed by atoms with van der Waals surface area (Å²) >= 11 is 1.28. The monoisotopic (exact) mass is 300 g/mol. The first-order chi connectivity index (χ1) is 10.2. The topological polar surface area (TPSA) is 17.1 Å². The zero-order valence-corrected chi connectivity index (χ0v) is 12.6. The number of thioether (sulfide) groups is 1. The van der Waals surface area contributed by atoms with Crippen LogP contribution in [0.5, 0.6) is 0 Å². The summed E-state index contributed by atoms with van der Waals surface area (Å²) in [4.78, 5) is 12.6. The van der Waals surface area contributed by atoms with Crippen molar-refractivity contribution in [1.29, 1.82) is 0 Å². The van der Waals surface area contributed by atoms with E-state index in [4.69, 9.17) is 0 Å². The molecule has 0 unspecified atom stereocenters. The quantitative estimate of drug-likeness (QED) is 0.769. The third-order valence-corrected chi connectivity index (χ3v) is 4.90. The number of rotatable bonds is 5. The Balaban J connectivity index is 1.58. The van der Waals surface area contributed by atoms with E-state index < -0.39 is 0 Å². The first-order valence-electron chi connectivity index (χ1n) is 7.22. The molecule has 0 heterocycles. The Labute approximate surface area is 128 Å². The van der Waals surface area contributed by atoms with Crippen LogP contribution >= 0.6 is 11.8 Å². The lowest BCUT2D eigenvalue weighted by Gasteiger charge is -2.05. The predicted molar refractivity (Wildman–Crippen MR) is 84.3 cm³/mol. The van der Waals surface area contributed by atoms with Crippen LogP contribution in [0.4, 0.5) is 4.39 Å². The third-order valence-electron chi connectivity index (χ3n) is 3.79. The van der Waals surface area contributed by atoms with Crippen molar-refractivity contribution >= 4 is 17.5 Å². The second-order valence-corrected chi connectivity index (χ2v) is 6.41. The highest BCUT2D eigenvalue weighted by atomic mass is 32.2.